The number of aromatic hydroxyl groups is 2. The lowest BCUT2D eigenvalue weighted by Crippen LogP contribution is -2.51. The van der Waals surface area contributed by atoms with Gasteiger partial charge in [-0.3, -0.25) is 15.1 Å². The lowest BCUT2D eigenvalue weighted by Gasteiger charge is -2.29. The first kappa shape index (κ1) is 45.7. The Labute approximate surface area is 316 Å². The molecule has 1 heterocycles. The summed E-state index contributed by atoms with van der Waals surface area (Å²) in [5, 5.41) is 130. The average molecular weight is 770 g/mol. The smallest absolute Gasteiger partial charge is 0.143 e. The van der Waals surface area contributed by atoms with Gasteiger partial charge in [-0.05, 0) is 84.0 Å². The van der Waals surface area contributed by atoms with E-state index in [4.69, 9.17) is 10.2 Å². The Morgan fingerprint density at radius 1 is 0.611 bits per heavy atom. The molecule has 0 aliphatic carbocycles. The molecule has 1 aliphatic heterocycles. The first-order valence-electron chi connectivity index (χ1n) is 18.6. The Morgan fingerprint density at radius 3 is 1.63 bits per heavy atom. The minimum atomic E-state index is -1.78. The van der Waals surface area contributed by atoms with Gasteiger partial charge in [0.2, 0.25) is 0 Å². The van der Waals surface area contributed by atoms with Crippen LogP contribution in [0.4, 0.5) is 5.69 Å². The number of anilines is 1. The van der Waals surface area contributed by atoms with Gasteiger partial charge in [-0.15, -0.1) is 0 Å². The summed E-state index contributed by atoms with van der Waals surface area (Å²) in [5.41, 5.74) is 3.91. The zero-order valence-corrected chi connectivity index (χ0v) is 31.3. The molecule has 17 nitrogen and oxygen atoms in total. The normalized spacial score (nSPS) is 20.1. The van der Waals surface area contributed by atoms with E-state index in [1.165, 1.54) is 0 Å². The molecule has 0 spiro atoms. The van der Waals surface area contributed by atoms with Crippen molar-refractivity contribution in [3.63, 3.8) is 0 Å². The number of phenolic OH excluding ortho intramolecular Hbond substituents is 2. The van der Waals surface area contributed by atoms with Crippen molar-refractivity contribution in [1.29, 1.82) is 0 Å². The van der Waals surface area contributed by atoms with E-state index in [9.17, 15) is 51.1 Å². The van der Waals surface area contributed by atoms with Crippen molar-refractivity contribution in [2.24, 2.45) is 0 Å². The van der Waals surface area contributed by atoms with E-state index in [-0.39, 0.29) is 24.6 Å². The maximum atomic E-state index is 11.2. The fourth-order valence-electron chi connectivity index (χ4n) is 6.57. The third-order valence-corrected chi connectivity index (χ3v) is 9.72. The number of aliphatic hydroxyl groups is 10. The summed E-state index contributed by atoms with van der Waals surface area (Å²) < 4.78 is 0. The molecule has 0 aromatic heterocycles. The minimum Gasteiger partial charge on any atom is -0.507 e. The number of aliphatic hydroxyl groups excluding tert-OH is 10. The molecule has 1 saturated heterocycles. The zero-order valence-electron chi connectivity index (χ0n) is 31.3. The van der Waals surface area contributed by atoms with E-state index < -0.39 is 62.2 Å². The van der Waals surface area contributed by atoms with Gasteiger partial charge in [0.1, 0.15) is 54.4 Å². The van der Waals surface area contributed by atoms with E-state index in [0.29, 0.717) is 42.0 Å². The molecule has 2 aromatic carbocycles. The van der Waals surface area contributed by atoms with E-state index in [0.717, 1.165) is 63.1 Å². The molecule has 1 aliphatic rings. The van der Waals surface area contributed by atoms with Gasteiger partial charge in [-0.2, -0.15) is 0 Å². The summed E-state index contributed by atoms with van der Waals surface area (Å²) in [6, 6.07) is 7.25. The van der Waals surface area contributed by atoms with Crippen molar-refractivity contribution in [1.82, 2.24) is 20.4 Å². The van der Waals surface area contributed by atoms with Crippen LogP contribution < -0.4 is 16.0 Å². The SMILES string of the molecule is Cc1cc(CNC(O)C(O)C(O)C(O)CO)c(O)c(CN2CCCNCCCN(Cc3cc(C)cc(NCC(O)C(O)C(O)C(O)CO)c3O)CCC2)c1. The first-order chi connectivity index (χ1) is 25.7. The van der Waals surface area contributed by atoms with E-state index >= 15 is 0 Å². The van der Waals surface area contributed by atoms with Crippen molar-refractivity contribution in [2.75, 3.05) is 64.3 Å². The van der Waals surface area contributed by atoms with Gasteiger partial charge in [0.05, 0.1) is 25.0 Å². The van der Waals surface area contributed by atoms with Gasteiger partial charge in [0.25, 0.3) is 0 Å². The summed E-state index contributed by atoms with van der Waals surface area (Å²) in [5.74, 6) is 0.0298. The molecule has 308 valence electrons. The Kier molecular flexibility index (Phi) is 19.2. The third kappa shape index (κ3) is 13.8. The van der Waals surface area contributed by atoms with Crippen LogP contribution >= 0.6 is 0 Å². The van der Waals surface area contributed by atoms with Crippen LogP contribution in [0, 0.1) is 13.8 Å². The topological polar surface area (TPSA) is 285 Å². The molecule has 0 radical (unpaired) electrons. The molecule has 0 saturated carbocycles. The maximum absolute atomic E-state index is 11.2. The van der Waals surface area contributed by atoms with Crippen molar-refractivity contribution < 1.29 is 61.3 Å². The van der Waals surface area contributed by atoms with Crippen LogP contribution in [0.25, 0.3) is 0 Å². The molecule has 8 unspecified atom stereocenters. The van der Waals surface area contributed by atoms with E-state index in [2.05, 4.69) is 25.8 Å². The number of aryl methyl sites for hydroxylation is 2. The van der Waals surface area contributed by atoms with Crippen LogP contribution in [0.2, 0.25) is 0 Å². The lowest BCUT2D eigenvalue weighted by atomic mass is 10.0. The quantitative estimate of drug-likeness (QED) is 0.0536. The molecule has 0 amide bonds. The summed E-state index contributed by atoms with van der Waals surface area (Å²) in [7, 11) is 0. The van der Waals surface area contributed by atoms with Gasteiger partial charge in [0, 0.05) is 42.9 Å². The Balaban J connectivity index is 1.67. The van der Waals surface area contributed by atoms with Crippen LogP contribution in [0.3, 0.4) is 0 Å². The van der Waals surface area contributed by atoms with Crippen LogP contribution in [0.5, 0.6) is 11.5 Å². The van der Waals surface area contributed by atoms with Gasteiger partial charge < -0.3 is 71.9 Å². The highest BCUT2D eigenvalue weighted by molar-refractivity contribution is 5.61. The summed E-state index contributed by atoms with van der Waals surface area (Å²) in [6.45, 7) is 7.42. The second kappa shape index (κ2) is 22.7. The number of benzene rings is 2. The number of nitrogens with zero attached hydrogens (tertiary/aromatic N) is 2. The maximum Gasteiger partial charge on any atom is 0.143 e. The fourth-order valence-corrected chi connectivity index (χ4v) is 6.57. The van der Waals surface area contributed by atoms with Gasteiger partial charge >= 0.3 is 0 Å². The highest BCUT2D eigenvalue weighted by atomic mass is 16.4. The average Bonchev–Trinajstić information content (AvgIpc) is 3.15. The number of rotatable bonds is 18. The Bertz CT molecular complexity index is 1310. The molecule has 15 N–H and O–H groups in total. The number of phenols is 2. The second-order valence-electron chi connectivity index (χ2n) is 14.4. The third-order valence-electron chi connectivity index (χ3n) is 9.72. The number of hydrogen-bond acceptors (Lipinski definition) is 17. The van der Waals surface area contributed by atoms with Crippen molar-refractivity contribution in [2.45, 2.75) is 102 Å². The van der Waals surface area contributed by atoms with Crippen molar-refractivity contribution >= 4 is 5.69 Å². The second-order valence-corrected chi connectivity index (χ2v) is 14.4. The summed E-state index contributed by atoms with van der Waals surface area (Å²) in [6.07, 6.45) is -10.8. The summed E-state index contributed by atoms with van der Waals surface area (Å²) in [4.78, 5) is 4.52. The Hall–Kier alpha value is -2.72. The zero-order chi connectivity index (χ0) is 39.9. The number of nitrogens with one attached hydrogen (secondary N) is 3. The predicted molar refractivity (Wildman–Crippen MR) is 201 cm³/mol. The van der Waals surface area contributed by atoms with Crippen LogP contribution in [0.15, 0.2) is 24.3 Å². The largest absolute Gasteiger partial charge is 0.507 e. The van der Waals surface area contributed by atoms with E-state index in [1.54, 1.807) is 12.1 Å². The van der Waals surface area contributed by atoms with Gasteiger partial charge in [-0.1, -0.05) is 23.8 Å². The molecule has 8 atom stereocenters. The molecule has 54 heavy (non-hydrogen) atoms. The van der Waals surface area contributed by atoms with Crippen LogP contribution in [-0.4, -0.2) is 179 Å². The standard InChI is InChI=1S/C37H63N5O12/c1-22-12-24(16-40-37(54)36(53)35(52)30(47)21-44)31(48)25(13-22)18-41-8-3-6-38-7-4-9-42(11-5-10-41)19-26-14-23(2)15-27(32(26)49)39-17-28(45)33(50)34(51)29(46)20-43/h12-15,28-30,33-40,43-54H,3-11,16-21H2,1-2H3. The Morgan fingerprint density at radius 2 is 1.07 bits per heavy atom. The van der Waals surface area contributed by atoms with Gasteiger partial charge in [0.15, 0.2) is 0 Å². The van der Waals surface area contributed by atoms with Crippen molar-refractivity contribution in [3.05, 3.63) is 52.1 Å². The predicted octanol–water partition coefficient (Wildman–Crippen LogP) is -2.88. The van der Waals surface area contributed by atoms with E-state index in [1.807, 2.05) is 26.0 Å². The fraction of sp³-hybridized carbons (Fsp3) is 0.676. The molecular weight excluding hydrogens is 706 g/mol. The highest BCUT2D eigenvalue weighted by Gasteiger charge is 2.31. The monoisotopic (exact) mass is 769 g/mol. The molecule has 3 rings (SSSR count). The molecule has 2 aromatic rings. The number of hydrogen-bond donors (Lipinski definition) is 15. The lowest BCUT2D eigenvalue weighted by molar-refractivity contribution is -0.122. The summed E-state index contributed by atoms with van der Waals surface area (Å²) >= 11 is 0. The van der Waals surface area contributed by atoms with Gasteiger partial charge in [-0.25, -0.2) is 0 Å². The molecular formula is C37H63N5O12. The van der Waals surface area contributed by atoms with Crippen LogP contribution in [-0.2, 0) is 19.6 Å². The molecule has 1 fully saturated rings. The molecule has 17 heteroatoms. The van der Waals surface area contributed by atoms with Crippen molar-refractivity contribution in [3.8, 4) is 11.5 Å². The first-order valence-corrected chi connectivity index (χ1v) is 18.6. The minimum absolute atomic E-state index is 0.00901. The highest BCUT2D eigenvalue weighted by Crippen LogP contribution is 2.31. The van der Waals surface area contributed by atoms with Crippen LogP contribution in [0.1, 0.15) is 47.1 Å². The molecule has 0 bridgehead atoms.